The Morgan fingerprint density at radius 1 is 1.22 bits per heavy atom. The van der Waals surface area contributed by atoms with E-state index in [0.717, 1.165) is 11.3 Å². The van der Waals surface area contributed by atoms with Gasteiger partial charge >= 0.3 is 6.03 Å². The van der Waals surface area contributed by atoms with Crippen LogP contribution < -0.4 is 15.5 Å². The van der Waals surface area contributed by atoms with Gasteiger partial charge in [0.1, 0.15) is 15.7 Å². The lowest BCUT2D eigenvalue weighted by Gasteiger charge is -2.15. The molecule has 2 N–H and O–H groups in total. The van der Waals surface area contributed by atoms with Gasteiger partial charge in [0.15, 0.2) is 0 Å². The summed E-state index contributed by atoms with van der Waals surface area (Å²) in [5, 5.41) is 5.98. The van der Waals surface area contributed by atoms with Gasteiger partial charge in [-0.3, -0.25) is 9.69 Å². The lowest BCUT2D eigenvalue weighted by atomic mass is 10.2. The SMILES string of the molecule is O=C(Nc1cccc(N2CCNC2=O)c1)c1cnc(-c2ccccc2F)s1. The minimum absolute atomic E-state index is 0.157. The topological polar surface area (TPSA) is 74.3 Å². The molecule has 1 aliphatic heterocycles. The van der Waals surface area contributed by atoms with Crippen LogP contribution in [0.1, 0.15) is 9.67 Å². The standard InChI is InChI=1S/C19H15FN4O2S/c20-15-7-2-1-6-14(15)18-22-11-16(27-18)17(25)23-12-4-3-5-13(10-12)24-9-8-21-19(24)26/h1-7,10-11H,8-9H2,(H,21,26)(H,23,25). The number of benzene rings is 2. The van der Waals surface area contributed by atoms with Crippen molar-refractivity contribution in [1.29, 1.82) is 0 Å². The maximum Gasteiger partial charge on any atom is 0.321 e. The number of thiazole rings is 1. The number of urea groups is 1. The minimum Gasteiger partial charge on any atom is -0.336 e. The summed E-state index contributed by atoms with van der Waals surface area (Å²) < 4.78 is 13.9. The van der Waals surface area contributed by atoms with Crippen molar-refractivity contribution in [3.05, 3.63) is 65.4 Å². The molecule has 0 atom stereocenters. The van der Waals surface area contributed by atoms with E-state index in [0.29, 0.717) is 39.9 Å². The molecule has 0 aliphatic carbocycles. The molecule has 6 nitrogen and oxygen atoms in total. The van der Waals surface area contributed by atoms with E-state index >= 15 is 0 Å². The molecular weight excluding hydrogens is 367 g/mol. The maximum absolute atomic E-state index is 13.9. The number of aromatic nitrogens is 1. The van der Waals surface area contributed by atoms with Crippen LogP contribution in [0.25, 0.3) is 10.6 Å². The largest absolute Gasteiger partial charge is 0.336 e. The summed E-state index contributed by atoms with van der Waals surface area (Å²) in [6.07, 6.45) is 1.43. The third-order valence-corrected chi connectivity index (χ3v) is 5.14. The molecule has 0 saturated carbocycles. The zero-order valence-corrected chi connectivity index (χ0v) is 14.9. The Labute approximate surface area is 158 Å². The Bertz CT molecular complexity index is 1020. The zero-order valence-electron chi connectivity index (χ0n) is 14.1. The summed E-state index contributed by atoms with van der Waals surface area (Å²) >= 11 is 1.12. The van der Waals surface area contributed by atoms with Gasteiger partial charge in [0, 0.05) is 30.0 Å². The third-order valence-electron chi connectivity index (χ3n) is 4.11. The second-order valence-electron chi connectivity index (χ2n) is 5.90. The van der Waals surface area contributed by atoms with Crippen molar-refractivity contribution >= 4 is 34.6 Å². The lowest BCUT2D eigenvalue weighted by Crippen LogP contribution is -2.27. The van der Waals surface area contributed by atoms with Gasteiger partial charge in [-0.1, -0.05) is 18.2 Å². The summed E-state index contributed by atoms with van der Waals surface area (Å²) in [4.78, 5) is 30.4. The second-order valence-corrected chi connectivity index (χ2v) is 6.93. The number of carbonyl (C=O) groups excluding carboxylic acids is 2. The quantitative estimate of drug-likeness (QED) is 0.722. The van der Waals surface area contributed by atoms with Crippen LogP contribution in [0.5, 0.6) is 0 Å². The summed E-state index contributed by atoms with van der Waals surface area (Å²) in [5.41, 5.74) is 1.64. The fourth-order valence-corrected chi connectivity index (χ4v) is 3.64. The number of hydrogen-bond acceptors (Lipinski definition) is 4. The van der Waals surface area contributed by atoms with Crippen LogP contribution in [0.4, 0.5) is 20.6 Å². The predicted molar refractivity (Wildman–Crippen MR) is 103 cm³/mol. The number of hydrogen-bond donors (Lipinski definition) is 2. The number of nitrogens with zero attached hydrogens (tertiary/aromatic N) is 2. The molecule has 1 fully saturated rings. The van der Waals surface area contributed by atoms with Crippen LogP contribution in [0.2, 0.25) is 0 Å². The molecule has 8 heteroatoms. The average molecular weight is 382 g/mol. The zero-order chi connectivity index (χ0) is 18.8. The van der Waals surface area contributed by atoms with Crippen molar-refractivity contribution in [2.75, 3.05) is 23.3 Å². The highest BCUT2D eigenvalue weighted by atomic mass is 32.1. The summed E-state index contributed by atoms with van der Waals surface area (Å²) in [6.45, 7) is 1.17. The number of halogens is 1. The maximum atomic E-state index is 13.9. The van der Waals surface area contributed by atoms with E-state index in [2.05, 4.69) is 15.6 Å². The smallest absolute Gasteiger partial charge is 0.321 e. The van der Waals surface area contributed by atoms with E-state index in [1.807, 2.05) is 6.07 Å². The Kier molecular flexibility index (Phi) is 4.55. The first-order valence-electron chi connectivity index (χ1n) is 8.29. The molecule has 3 amide bonds. The van der Waals surface area contributed by atoms with Crippen LogP contribution in [-0.2, 0) is 0 Å². The van der Waals surface area contributed by atoms with Gasteiger partial charge in [0.05, 0.1) is 6.20 Å². The molecule has 3 aromatic rings. The number of anilines is 2. The lowest BCUT2D eigenvalue weighted by molar-refractivity contribution is 0.103. The Morgan fingerprint density at radius 3 is 2.85 bits per heavy atom. The summed E-state index contributed by atoms with van der Waals surface area (Å²) in [7, 11) is 0. The second kappa shape index (κ2) is 7.16. The van der Waals surface area contributed by atoms with E-state index < -0.39 is 0 Å². The van der Waals surface area contributed by atoms with Crippen molar-refractivity contribution in [3.63, 3.8) is 0 Å². The Morgan fingerprint density at radius 2 is 2.07 bits per heavy atom. The molecule has 0 bridgehead atoms. The predicted octanol–water partition coefficient (Wildman–Crippen LogP) is 3.73. The monoisotopic (exact) mass is 382 g/mol. The number of nitrogens with one attached hydrogen (secondary N) is 2. The van der Waals surface area contributed by atoms with Crippen molar-refractivity contribution in [2.24, 2.45) is 0 Å². The highest BCUT2D eigenvalue weighted by molar-refractivity contribution is 7.17. The van der Waals surface area contributed by atoms with E-state index in [4.69, 9.17) is 0 Å². The molecule has 0 radical (unpaired) electrons. The van der Waals surface area contributed by atoms with E-state index in [9.17, 15) is 14.0 Å². The molecule has 0 unspecified atom stereocenters. The van der Waals surface area contributed by atoms with Crippen LogP contribution in [0.3, 0.4) is 0 Å². The van der Waals surface area contributed by atoms with E-state index in [1.54, 1.807) is 41.3 Å². The fraction of sp³-hybridized carbons (Fsp3) is 0.105. The van der Waals surface area contributed by atoms with Crippen LogP contribution >= 0.6 is 11.3 Å². The number of rotatable bonds is 4. The van der Waals surface area contributed by atoms with Crippen LogP contribution in [0, 0.1) is 5.82 Å². The molecular formula is C19H15FN4O2S. The first-order chi connectivity index (χ1) is 13.1. The van der Waals surface area contributed by atoms with Gasteiger partial charge in [-0.25, -0.2) is 14.2 Å². The molecule has 1 saturated heterocycles. The molecule has 1 aliphatic rings. The van der Waals surface area contributed by atoms with Gasteiger partial charge < -0.3 is 10.6 Å². The molecule has 4 rings (SSSR count). The first-order valence-corrected chi connectivity index (χ1v) is 9.11. The molecule has 2 heterocycles. The highest BCUT2D eigenvalue weighted by Gasteiger charge is 2.21. The summed E-state index contributed by atoms with van der Waals surface area (Å²) in [6, 6.07) is 13.2. The minimum atomic E-state index is -0.379. The van der Waals surface area contributed by atoms with Crippen molar-refractivity contribution in [2.45, 2.75) is 0 Å². The molecule has 136 valence electrons. The first kappa shape index (κ1) is 17.2. The Hall–Kier alpha value is -3.26. The highest BCUT2D eigenvalue weighted by Crippen LogP contribution is 2.28. The normalized spacial score (nSPS) is 13.5. The van der Waals surface area contributed by atoms with E-state index in [1.165, 1.54) is 12.3 Å². The average Bonchev–Trinajstić information content (AvgIpc) is 3.31. The van der Waals surface area contributed by atoms with Gasteiger partial charge in [0.2, 0.25) is 0 Å². The summed E-state index contributed by atoms with van der Waals surface area (Å²) in [5.74, 6) is -0.714. The molecule has 2 aromatic carbocycles. The molecule has 27 heavy (non-hydrogen) atoms. The third kappa shape index (κ3) is 3.52. The van der Waals surface area contributed by atoms with Gasteiger partial charge in [-0.05, 0) is 30.3 Å². The number of amides is 3. The van der Waals surface area contributed by atoms with Gasteiger partial charge in [-0.15, -0.1) is 11.3 Å². The molecule has 0 spiro atoms. The van der Waals surface area contributed by atoms with Gasteiger partial charge in [-0.2, -0.15) is 0 Å². The van der Waals surface area contributed by atoms with E-state index in [-0.39, 0.29) is 17.8 Å². The van der Waals surface area contributed by atoms with Gasteiger partial charge in [0.25, 0.3) is 5.91 Å². The van der Waals surface area contributed by atoms with Crippen molar-refractivity contribution < 1.29 is 14.0 Å². The van der Waals surface area contributed by atoms with Crippen molar-refractivity contribution in [1.82, 2.24) is 10.3 Å². The number of carbonyl (C=O) groups is 2. The van der Waals surface area contributed by atoms with Crippen LogP contribution in [0.15, 0.2) is 54.7 Å². The molecule has 1 aromatic heterocycles. The Balaban J connectivity index is 1.52. The fourth-order valence-electron chi connectivity index (χ4n) is 2.80. The van der Waals surface area contributed by atoms with Crippen molar-refractivity contribution in [3.8, 4) is 10.6 Å². The van der Waals surface area contributed by atoms with Crippen LogP contribution in [-0.4, -0.2) is 30.0 Å².